The van der Waals surface area contributed by atoms with Gasteiger partial charge in [0.25, 0.3) is 5.91 Å². The largest absolute Gasteiger partial charge is 0.481 e. The highest BCUT2D eigenvalue weighted by molar-refractivity contribution is 5.96. The van der Waals surface area contributed by atoms with Gasteiger partial charge in [-0.05, 0) is 49.9 Å². The lowest BCUT2D eigenvalue weighted by atomic mass is 9.97. The van der Waals surface area contributed by atoms with Crippen molar-refractivity contribution in [2.24, 2.45) is 11.8 Å². The normalized spacial score (nSPS) is 17.4. The van der Waals surface area contributed by atoms with Gasteiger partial charge in [-0.2, -0.15) is 0 Å². The highest BCUT2D eigenvalue weighted by atomic mass is 16.4. The first-order valence-corrected chi connectivity index (χ1v) is 8.89. The number of likely N-dealkylation sites (tertiary alicyclic amines) is 1. The third-order valence-corrected chi connectivity index (χ3v) is 4.81. The van der Waals surface area contributed by atoms with Crippen molar-refractivity contribution in [2.45, 2.75) is 39.5 Å². The van der Waals surface area contributed by atoms with E-state index >= 15 is 0 Å². The maximum atomic E-state index is 12.5. The summed E-state index contributed by atoms with van der Waals surface area (Å²) < 4.78 is 0. The van der Waals surface area contributed by atoms with Gasteiger partial charge in [-0.1, -0.05) is 13.8 Å². The molecule has 1 aliphatic rings. The van der Waals surface area contributed by atoms with Gasteiger partial charge in [-0.25, -0.2) is 0 Å². The standard InChI is InChI=1S/C19H26N2O4/c1-3-13(4-2)17(22)20-16-9-7-14(8-10-16)18(23)21-11-5-6-15(12-21)19(24)25/h7-10,13,15H,3-6,11-12H2,1-2H3,(H,20,22)(H,24,25). The molecule has 0 radical (unpaired) electrons. The van der Waals surface area contributed by atoms with Crippen LogP contribution in [-0.2, 0) is 9.59 Å². The minimum absolute atomic E-state index is 0.00981. The second-order valence-electron chi connectivity index (χ2n) is 6.51. The first-order valence-electron chi connectivity index (χ1n) is 8.89. The summed E-state index contributed by atoms with van der Waals surface area (Å²) in [7, 11) is 0. The van der Waals surface area contributed by atoms with Gasteiger partial charge in [-0.3, -0.25) is 14.4 Å². The zero-order valence-corrected chi connectivity index (χ0v) is 14.8. The molecule has 0 aromatic heterocycles. The van der Waals surface area contributed by atoms with Crippen molar-refractivity contribution in [3.05, 3.63) is 29.8 Å². The molecule has 6 nitrogen and oxygen atoms in total. The minimum atomic E-state index is -0.850. The summed E-state index contributed by atoms with van der Waals surface area (Å²) in [6, 6.07) is 6.78. The van der Waals surface area contributed by atoms with Crippen LogP contribution >= 0.6 is 0 Å². The topological polar surface area (TPSA) is 86.7 Å². The number of aliphatic carboxylic acids is 1. The van der Waals surface area contributed by atoms with Crippen molar-refractivity contribution in [1.82, 2.24) is 4.90 Å². The number of nitrogens with zero attached hydrogens (tertiary/aromatic N) is 1. The molecule has 1 unspecified atom stereocenters. The average Bonchev–Trinajstić information content (AvgIpc) is 2.63. The Labute approximate surface area is 148 Å². The summed E-state index contributed by atoms with van der Waals surface area (Å²) in [5.41, 5.74) is 1.17. The fourth-order valence-electron chi connectivity index (χ4n) is 3.15. The van der Waals surface area contributed by atoms with Gasteiger partial charge in [0, 0.05) is 30.3 Å². The number of amides is 2. The average molecular weight is 346 g/mol. The Morgan fingerprint density at radius 1 is 1.20 bits per heavy atom. The Morgan fingerprint density at radius 2 is 1.84 bits per heavy atom. The number of carbonyl (C=O) groups excluding carboxylic acids is 2. The first kappa shape index (κ1) is 19.0. The molecule has 1 saturated heterocycles. The number of carboxylic acids is 1. The van der Waals surface area contributed by atoms with Crippen molar-refractivity contribution in [3.8, 4) is 0 Å². The summed E-state index contributed by atoms with van der Waals surface area (Å²) in [6.45, 7) is 4.80. The van der Waals surface area contributed by atoms with E-state index in [0.29, 0.717) is 30.6 Å². The Kier molecular flexibility index (Phi) is 6.56. The van der Waals surface area contributed by atoms with Gasteiger partial charge in [0.05, 0.1) is 5.92 Å². The second-order valence-corrected chi connectivity index (χ2v) is 6.51. The molecule has 0 aliphatic carbocycles. The molecule has 1 aliphatic heterocycles. The number of carboxylic acid groups (broad SMARTS) is 1. The number of anilines is 1. The third-order valence-electron chi connectivity index (χ3n) is 4.81. The van der Waals surface area contributed by atoms with Gasteiger partial charge in [-0.15, -0.1) is 0 Å². The third kappa shape index (κ3) is 4.81. The van der Waals surface area contributed by atoms with E-state index in [-0.39, 0.29) is 24.3 Å². The zero-order chi connectivity index (χ0) is 18.4. The van der Waals surface area contributed by atoms with Crippen molar-refractivity contribution < 1.29 is 19.5 Å². The molecule has 25 heavy (non-hydrogen) atoms. The van der Waals surface area contributed by atoms with Gasteiger partial charge in [0.2, 0.25) is 5.91 Å². The summed E-state index contributed by atoms with van der Waals surface area (Å²) in [4.78, 5) is 37.4. The lowest BCUT2D eigenvalue weighted by Crippen LogP contribution is -2.42. The summed E-state index contributed by atoms with van der Waals surface area (Å²) >= 11 is 0. The molecule has 1 fully saturated rings. The number of hydrogen-bond acceptors (Lipinski definition) is 3. The Bertz CT molecular complexity index is 623. The summed E-state index contributed by atoms with van der Waals surface area (Å²) in [5, 5.41) is 12.0. The van der Waals surface area contributed by atoms with E-state index in [4.69, 9.17) is 5.11 Å². The lowest BCUT2D eigenvalue weighted by molar-refractivity contribution is -0.143. The Hall–Kier alpha value is -2.37. The van der Waals surface area contributed by atoms with Crippen molar-refractivity contribution >= 4 is 23.5 Å². The molecule has 2 rings (SSSR count). The van der Waals surface area contributed by atoms with Gasteiger partial charge >= 0.3 is 5.97 Å². The molecule has 2 amide bonds. The Balaban J connectivity index is 2.00. The molecule has 2 N–H and O–H groups in total. The monoisotopic (exact) mass is 346 g/mol. The summed E-state index contributed by atoms with van der Waals surface area (Å²) in [6.07, 6.45) is 2.89. The van der Waals surface area contributed by atoms with E-state index in [1.54, 1.807) is 29.2 Å². The van der Waals surface area contributed by atoms with E-state index in [1.165, 1.54) is 0 Å². The summed E-state index contributed by atoms with van der Waals surface area (Å²) in [5.74, 6) is -1.52. The van der Waals surface area contributed by atoms with E-state index < -0.39 is 11.9 Å². The first-order chi connectivity index (χ1) is 12.0. The van der Waals surface area contributed by atoms with Crippen LogP contribution < -0.4 is 5.32 Å². The SMILES string of the molecule is CCC(CC)C(=O)Nc1ccc(C(=O)N2CCCC(C(=O)O)C2)cc1. The van der Waals surface area contributed by atoms with Crippen LogP contribution in [0.3, 0.4) is 0 Å². The quantitative estimate of drug-likeness (QED) is 0.829. The number of benzene rings is 1. The van der Waals surface area contributed by atoms with Gasteiger partial charge in [0.15, 0.2) is 0 Å². The predicted octanol–water partition coefficient (Wildman–Crippen LogP) is 3.00. The number of rotatable bonds is 6. The van der Waals surface area contributed by atoms with Crippen molar-refractivity contribution in [1.29, 1.82) is 0 Å². The molecule has 1 heterocycles. The van der Waals surface area contributed by atoms with E-state index in [9.17, 15) is 14.4 Å². The van der Waals surface area contributed by atoms with Gasteiger partial charge < -0.3 is 15.3 Å². The molecule has 0 bridgehead atoms. The fourth-order valence-corrected chi connectivity index (χ4v) is 3.15. The molecular weight excluding hydrogens is 320 g/mol. The lowest BCUT2D eigenvalue weighted by Gasteiger charge is -2.30. The number of hydrogen-bond donors (Lipinski definition) is 2. The highest BCUT2D eigenvalue weighted by Gasteiger charge is 2.28. The number of nitrogens with one attached hydrogen (secondary N) is 1. The van der Waals surface area contributed by atoms with Crippen LogP contribution in [0.25, 0.3) is 0 Å². The second kappa shape index (κ2) is 8.65. The molecule has 1 aromatic rings. The molecule has 1 aromatic carbocycles. The molecule has 136 valence electrons. The van der Waals surface area contributed by atoms with Crippen LogP contribution in [0.2, 0.25) is 0 Å². The van der Waals surface area contributed by atoms with Crippen molar-refractivity contribution in [3.63, 3.8) is 0 Å². The van der Waals surface area contributed by atoms with Crippen LogP contribution in [0.15, 0.2) is 24.3 Å². The maximum absolute atomic E-state index is 12.5. The number of piperidine rings is 1. The van der Waals surface area contributed by atoms with Gasteiger partial charge in [0.1, 0.15) is 0 Å². The van der Waals surface area contributed by atoms with Crippen LogP contribution in [0.1, 0.15) is 49.9 Å². The highest BCUT2D eigenvalue weighted by Crippen LogP contribution is 2.20. The van der Waals surface area contributed by atoms with Crippen LogP contribution in [-0.4, -0.2) is 40.9 Å². The Morgan fingerprint density at radius 3 is 2.40 bits per heavy atom. The fraction of sp³-hybridized carbons (Fsp3) is 0.526. The molecule has 6 heteroatoms. The molecule has 0 saturated carbocycles. The molecular formula is C19H26N2O4. The van der Waals surface area contributed by atoms with E-state index in [1.807, 2.05) is 13.8 Å². The zero-order valence-electron chi connectivity index (χ0n) is 14.8. The predicted molar refractivity (Wildman–Crippen MR) is 95.4 cm³/mol. The van der Waals surface area contributed by atoms with Crippen LogP contribution in [0, 0.1) is 11.8 Å². The van der Waals surface area contributed by atoms with Crippen molar-refractivity contribution in [2.75, 3.05) is 18.4 Å². The minimum Gasteiger partial charge on any atom is -0.481 e. The van der Waals surface area contributed by atoms with Crippen LogP contribution in [0.4, 0.5) is 5.69 Å². The van der Waals surface area contributed by atoms with E-state index in [2.05, 4.69) is 5.32 Å². The van der Waals surface area contributed by atoms with E-state index in [0.717, 1.165) is 12.8 Å². The molecule has 1 atom stereocenters. The molecule has 0 spiro atoms. The van der Waals surface area contributed by atoms with Crippen LogP contribution in [0.5, 0.6) is 0 Å². The smallest absolute Gasteiger partial charge is 0.308 e. The number of carbonyl (C=O) groups is 3. The maximum Gasteiger partial charge on any atom is 0.308 e.